The van der Waals surface area contributed by atoms with E-state index >= 15 is 0 Å². The summed E-state index contributed by atoms with van der Waals surface area (Å²) in [6, 6.07) is 6.60. The third-order valence-electron chi connectivity index (χ3n) is 5.01. The van der Waals surface area contributed by atoms with E-state index in [1.54, 1.807) is 0 Å². The number of amides is 1. The van der Waals surface area contributed by atoms with Gasteiger partial charge in [-0.15, -0.1) is 0 Å². The van der Waals surface area contributed by atoms with E-state index in [9.17, 15) is 4.79 Å². The molecule has 1 aromatic carbocycles. The van der Waals surface area contributed by atoms with Crippen LogP contribution in [0.5, 0.6) is 0 Å². The van der Waals surface area contributed by atoms with Crippen LogP contribution < -0.4 is 0 Å². The number of hydrogen-bond donors (Lipinski definition) is 0. The Morgan fingerprint density at radius 2 is 2.00 bits per heavy atom. The summed E-state index contributed by atoms with van der Waals surface area (Å²) < 4.78 is 0. The molecule has 1 amide bonds. The van der Waals surface area contributed by atoms with Gasteiger partial charge in [-0.3, -0.25) is 9.79 Å². The highest BCUT2D eigenvalue weighted by molar-refractivity contribution is 5.99. The van der Waals surface area contributed by atoms with Crippen molar-refractivity contribution in [1.29, 1.82) is 0 Å². The monoisotopic (exact) mass is 270 g/mol. The Hall–Kier alpha value is -1.64. The molecule has 3 nitrogen and oxygen atoms in total. The largest absolute Gasteiger partial charge is 0.338 e. The van der Waals surface area contributed by atoms with Crippen LogP contribution in [0.25, 0.3) is 0 Å². The summed E-state index contributed by atoms with van der Waals surface area (Å²) in [5.74, 6) is 0.229. The highest BCUT2D eigenvalue weighted by Gasteiger charge is 2.60. The maximum atomic E-state index is 12.8. The molecule has 1 spiro atoms. The highest BCUT2D eigenvalue weighted by Crippen LogP contribution is 2.53. The maximum absolute atomic E-state index is 12.8. The van der Waals surface area contributed by atoms with Crippen molar-refractivity contribution in [3.63, 3.8) is 0 Å². The highest BCUT2D eigenvalue weighted by atomic mass is 16.2. The van der Waals surface area contributed by atoms with Crippen LogP contribution >= 0.6 is 0 Å². The van der Waals surface area contributed by atoms with E-state index in [0.717, 1.165) is 12.2 Å². The van der Waals surface area contributed by atoms with Crippen LogP contribution in [-0.2, 0) is 10.2 Å². The Labute approximate surface area is 120 Å². The number of benzene rings is 1. The lowest BCUT2D eigenvalue weighted by atomic mass is 9.65. The fourth-order valence-corrected chi connectivity index (χ4v) is 3.50. The molecular formula is C17H22N2O. The Kier molecular flexibility index (Phi) is 2.63. The third-order valence-corrected chi connectivity index (χ3v) is 5.01. The van der Waals surface area contributed by atoms with Gasteiger partial charge < -0.3 is 4.90 Å². The van der Waals surface area contributed by atoms with Crippen molar-refractivity contribution in [3.05, 3.63) is 29.3 Å². The van der Waals surface area contributed by atoms with Gasteiger partial charge >= 0.3 is 0 Å². The smallest absolute Gasteiger partial charge is 0.229 e. The number of rotatable bonds is 1. The average Bonchev–Trinajstić information content (AvgIpc) is 2.82. The van der Waals surface area contributed by atoms with Crippen molar-refractivity contribution in [2.24, 2.45) is 10.4 Å². The number of aliphatic imine (C=N–C) groups is 1. The van der Waals surface area contributed by atoms with Crippen molar-refractivity contribution in [2.75, 3.05) is 6.54 Å². The van der Waals surface area contributed by atoms with Crippen LogP contribution in [0, 0.1) is 12.3 Å². The molecule has 3 rings (SSSR count). The molecule has 0 aromatic heterocycles. The summed E-state index contributed by atoms with van der Waals surface area (Å²) in [5, 5.41) is 0. The molecule has 0 bridgehead atoms. The normalized spacial score (nSPS) is 26.9. The average molecular weight is 270 g/mol. The Balaban J connectivity index is 2.16. The van der Waals surface area contributed by atoms with Gasteiger partial charge in [-0.1, -0.05) is 12.1 Å². The van der Waals surface area contributed by atoms with Crippen LogP contribution in [0.3, 0.4) is 0 Å². The Morgan fingerprint density at radius 3 is 2.60 bits per heavy atom. The van der Waals surface area contributed by atoms with E-state index in [2.05, 4.69) is 57.8 Å². The van der Waals surface area contributed by atoms with Crippen molar-refractivity contribution < 1.29 is 4.79 Å². The zero-order valence-electron chi connectivity index (χ0n) is 12.9. The first-order valence-corrected chi connectivity index (χ1v) is 7.27. The molecule has 1 aromatic rings. The predicted molar refractivity (Wildman–Crippen MR) is 81.6 cm³/mol. The zero-order chi connectivity index (χ0) is 14.7. The SMILES string of the molecule is Cc1ccc2c(c1)N=C[C@@]21CN(C(C)C)C(=O)C1(C)C. The van der Waals surface area contributed by atoms with E-state index in [-0.39, 0.29) is 17.4 Å². The molecule has 1 atom stereocenters. The van der Waals surface area contributed by atoms with Crippen LogP contribution in [0.4, 0.5) is 5.69 Å². The van der Waals surface area contributed by atoms with Gasteiger partial charge in [-0.25, -0.2) is 0 Å². The van der Waals surface area contributed by atoms with Crippen LogP contribution in [0.2, 0.25) is 0 Å². The van der Waals surface area contributed by atoms with Gasteiger partial charge in [-0.05, 0) is 51.8 Å². The summed E-state index contributed by atoms with van der Waals surface area (Å²) in [4.78, 5) is 19.4. The van der Waals surface area contributed by atoms with Crippen molar-refractivity contribution >= 4 is 17.8 Å². The molecular weight excluding hydrogens is 248 g/mol. The second kappa shape index (κ2) is 3.94. The fraction of sp³-hybridized carbons (Fsp3) is 0.529. The quantitative estimate of drug-likeness (QED) is 0.771. The van der Waals surface area contributed by atoms with Crippen LogP contribution in [-0.4, -0.2) is 29.6 Å². The number of nitrogens with zero attached hydrogens (tertiary/aromatic N) is 2. The minimum Gasteiger partial charge on any atom is -0.338 e. The second-order valence-electron chi connectivity index (χ2n) is 6.90. The van der Waals surface area contributed by atoms with E-state index in [1.165, 1.54) is 11.1 Å². The molecule has 1 fully saturated rings. The first kappa shape index (κ1) is 13.3. The van der Waals surface area contributed by atoms with Gasteiger partial charge in [0.05, 0.1) is 16.5 Å². The summed E-state index contributed by atoms with van der Waals surface area (Å²) in [6.07, 6.45) is 2.01. The van der Waals surface area contributed by atoms with Crippen molar-refractivity contribution in [3.8, 4) is 0 Å². The Bertz CT molecular complexity index is 615. The fourth-order valence-electron chi connectivity index (χ4n) is 3.50. The van der Waals surface area contributed by atoms with Crippen molar-refractivity contribution in [2.45, 2.75) is 46.1 Å². The van der Waals surface area contributed by atoms with Gasteiger partial charge in [0.1, 0.15) is 0 Å². The molecule has 106 valence electrons. The molecule has 1 saturated heterocycles. The molecule has 20 heavy (non-hydrogen) atoms. The van der Waals surface area contributed by atoms with Gasteiger partial charge in [0, 0.05) is 18.8 Å². The molecule has 0 N–H and O–H groups in total. The minimum absolute atomic E-state index is 0.226. The molecule has 3 heteroatoms. The molecule has 2 aliphatic heterocycles. The zero-order valence-corrected chi connectivity index (χ0v) is 12.9. The molecule has 0 unspecified atom stereocenters. The van der Waals surface area contributed by atoms with Crippen LogP contribution in [0.1, 0.15) is 38.8 Å². The lowest BCUT2D eigenvalue weighted by molar-refractivity contribution is -0.136. The van der Waals surface area contributed by atoms with Crippen molar-refractivity contribution in [1.82, 2.24) is 4.90 Å². The first-order chi connectivity index (χ1) is 9.29. The number of fused-ring (bicyclic) bond motifs is 2. The van der Waals surface area contributed by atoms with Gasteiger partial charge in [0.15, 0.2) is 0 Å². The molecule has 2 heterocycles. The number of hydrogen-bond acceptors (Lipinski definition) is 2. The van der Waals surface area contributed by atoms with Gasteiger partial charge in [0.25, 0.3) is 0 Å². The third kappa shape index (κ3) is 1.46. The summed E-state index contributed by atoms with van der Waals surface area (Å²) in [6.45, 7) is 11.1. The summed E-state index contributed by atoms with van der Waals surface area (Å²) >= 11 is 0. The van der Waals surface area contributed by atoms with E-state index in [0.29, 0.717) is 0 Å². The number of aryl methyl sites for hydroxylation is 1. The molecule has 2 aliphatic rings. The van der Waals surface area contributed by atoms with E-state index < -0.39 is 5.41 Å². The first-order valence-electron chi connectivity index (χ1n) is 7.27. The standard InChI is InChI=1S/C17H22N2O/c1-11(2)19-10-17(16(4,5)15(19)20)9-18-14-8-12(3)6-7-13(14)17/h6-9,11H,10H2,1-5H3/t17-/m1/s1. The lowest BCUT2D eigenvalue weighted by Gasteiger charge is -2.33. The van der Waals surface area contributed by atoms with E-state index in [4.69, 9.17) is 0 Å². The summed E-state index contributed by atoms with van der Waals surface area (Å²) in [5.41, 5.74) is 2.71. The van der Waals surface area contributed by atoms with Crippen LogP contribution in [0.15, 0.2) is 23.2 Å². The topological polar surface area (TPSA) is 32.7 Å². The Morgan fingerprint density at radius 1 is 1.30 bits per heavy atom. The number of likely N-dealkylation sites (tertiary alicyclic amines) is 1. The van der Waals surface area contributed by atoms with Gasteiger partial charge in [-0.2, -0.15) is 0 Å². The minimum atomic E-state index is -0.443. The maximum Gasteiger partial charge on any atom is 0.229 e. The molecule has 0 saturated carbocycles. The second-order valence-corrected chi connectivity index (χ2v) is 6.90. The van der Waals surface area contributed by atoms with E-state index in [1.807, 2.05) is 11.1 Å². The lowest BCUT2D eigenvalue weighted by Crippen LogP contribution is -2.42. The molecule has 0 aliphatic carbocycles. The molecule has 0 radical (unpaired) electrons. The number of carbonyl (C=O) groups excluding carboxylic acids is 1. The number of carbonyl (C=O) groups is 1. The summed E-state index contributed by atoms with van der Waals surface area (Å²) in [7, 11) is 0. The van der Waals surface area contributed by atoms with Gasteiger partial charge in [0.2, 0.25) is 5.91 Å². The predicted octanol–water partition coefficient (Wildman–Crippen LogP) is 3.23.